The highest BCUT2D eigenvalue weighted by Gasteiger charge is 2.22. The molecule has 0 aliphatic carbocycles. The predicted molar refractivity (Wildman–Crippen MR) is 90.4 cm³/mol. The molecule has 1 N–H and O–H groups in total. The molecule has 124 valence electrons. The van der Waals surface area contributed by atoms with Crippen molar-refractivity contribution < 1.29 is 13.9 Å². The molecule has 1 amide bonds. The first-order valence-corrected chi connectivity index (χ1v) is 8.05. The van der Waals surface area contributed by atoms with Crippen LogP contribution in [-0.2, 0) is 4.79 Å². The second kappa shape index (κ2) is 6.71. The van der Waals surface area contributed by atoms with Gasteiger partial charge in [0.1, 0.15) is 11.8 Å². The smallest absolute Gasteiger partial charge is 0.438 e. The zero-order valence-corrected chi connectivity index (χ0v) is 13.9. The molecule has 0 unspecified atom stereocenters. The Kier molecular flexibility index (Phi) is 4.48. The number of amides is 1. The normalized spacial score (nSPS) is 11.9. The number of thiophene rings is 1. The highest BCUT2D eigenvalue weighted by Crippen LogP contribution is 2.25. The van der Waals surface area contributed by atoms with Crippen LogP contribution >= 0.6 is 11.3 Å². The minimum absolute atomic E-state index is 0.201. The summed E-state index contributed by atoms with van der Waals surface area (Å²) in [5.74, 6) is -0.342. The van der Waals surface area contributed by atoms with Crippen LogP contribution in [0.25, 0.3) is 10.8 Å². The summed E-state index contributed by atoms with van der Waals surface area (Å²) in [6.07, 6.45) is 0. The maximum absolute atomic E-state index is 12.4. The molecule has 0 aliphatic rings. The number of rotatable bonds is 5. The number of ether oxygens (including phenoxy) is 1. The van der Waals surface area contributed by atoms with E-state index in [4.69, 9.17) is 9.15 Å². The predicted octanol–water partition coefficient (Wildman–Crippen LogP) is 2.77. The molecule has 2 aromatic heterocycles. The van der Waals surface area contributed by atoms with Crippen LogP contribution in [-0.4, -0.2) is 22.8 Å². The van der Waals surface area contributed by atoms with E-state index in [-0.39, 0.29) is 5.89 Å². The van der Waals surface area contributed by atoms with Crippen molar-refractivity contribution in [3.05, 3.63) is 52.3 Å². The molecule has 24 heavy (non-hydrogen) atoms. The number of carbonyl (C=O) groups is 1. The lowest BCUT2D eigenvalue weighted by atomic mass is 10.2. The number of methoxy groups -OCH3 is 1. The Morgan fingerprint density at radius 1 is 1.33 bits per heavy atom. The van der Waals surface area contributed by atoms with Crippen molar-refractivity contribution in [3.63, 3.8) is 0 Å². The molecule has 0 saturated heterocycles. The molecule has 0 fully saturated rings. The number of nitrogens with one attached hydrogen (secondary N) is 1. The van der Waals surface area contributed by atoms with Gasteiger partial charge >= 0.3 is 5.76 Å². The third-order valence-corrected chi connectivity index (χ3v) is 4.27. The van der Waals surface area contributed by atoms with E-state index in [1.54, 1.807) is 37.3 Å². The Morgan fingerprint density at radius 2 is 2.12 bits per heavy atom. The van der Waals surface area contributed by atoms with Gasteiger partial charge in [0.2, 0.25) is 5.91 Å². The fourth-order valence-electron chi connectivity index (χ4n) is 2.13. The van der Waals surface area contributed by atoms with Crippen LogP contribution in [0, 0.1) is 0 Å². The quantitative estimate of drug-likeness (QED) is 0.768. The van der Waals surface area contributed by atoms with Crippen molar-refractivity contribution >= 4 is 22.9 Å². The van der Waals surface area contributed by atoms with E-state index in [0.717, 1.165) is 9.56 Å². The van der Waals surface area contributed by atoms with Gasteiger partial charge in [-0.2, -0.15) is 4.68 Å². The van der Waals surface area contributed by atoms with Crippen LogP contribution in [0.15, 0.2) is 51.0 Å². The van der Waals surface area contributed by atoms with Crippen molar-refractivity contribution in [3.8, 4) is 16.5 Å². The first-order valence-electron chi connectivity index (χ1n) is 7.17. The van der Waals surface area contributed by atoms with Crippen molar-refractivity contribution in [2.24, 2.45) is 0 Å². The topological polar surface area (TPSA) is 86.4 Å². The lowest BCUT2D eigenvalue weighted by Gasteiger charge is -2.13. The summed E-state index contributed by atoms with van der Waals surface area (Å²) in [7, 11) is 1.52. The van der Waals surface area contributed by atoms with Gasteiger partial charge in [0.25, 0.3) is 5.89 Å². The van der Waals surface area contributed by atoms with E-state index >= 15 is 0 Å². The standard InChI is InChI=1S/C16H15N3O4S/c1-10(14(20)17-11-6-3-4-7-12(11)22-2)19-16(21)23-15(18-19)13-8-5-9-24-13/h3-10H,1-2H3,(H,17,20)/t10-/m0/s1. The molecule has 3 rings (SSSR count). The largest absolute Gasteiger partial charge is 0.495 e. The first-order chi connectivity index (χ1) is 11.6. The van der Waals surface area contributed by atoms with Crippen LogP contribution in [0.1, 0.15) is 13.0 Å². The summed E-state index contributed by atoms with van der Waals surface area (Å²) in [6, 6.07) is 9.81. The van der Waals surface area contributed by atoms with Crippen molar-refractivity contribution in [2.45, 2.75) is 13.0 Å². The average Bonchev–Trinajstić information content (AvgIpc) is 3.24. The van der Waals surface area contributed by atoms with Gasteiger partial charge in [-0.15, -0.1) is 16.4 Å². The minimum atomic E-state index is -0.833. The molecule has 2 heterocycles. The molecule has 1 atom stereocenters. The first kappa shape index (κ1) is 16.0. The number of anilines is 1. The fourth-order valence-corrected chi connectivity index (χ4v) is 2.77. The average molecular weight is 345 g/mol. The Morgan fingerprint density at radius 3 is 2.83 bits per heavy atom. The number of aromatic nitrogens is 2. The van der Waals surface area contributed by atoms with E-state index in [0.29, 0.717) is 11.4 Å². The number of carbonyl (C=O) groups excluding carboxylic acids is 1. The third kappa shape index (κ3) is 3.09. The van der Waals surface area contributed by atoms with Gasteiger partial charge in [-0.25, -0.2) is 4.79 Å². The van der Waals surface area contributed by atoms with Gasteiger partial charge in [-0.1, -0.05) is 18.2 Å². The fraction of sp³-hybridized carbons (Fsp3) is 0.188. The Balaban J connectivity index is 1.82. The molecule has 0 aliphatic heterocycles. The van der Waals surface area contributed by atoms with E-state index in [1.807, 2.05) is 11.4 Å². The summed E-state index contributed by atoms with van der Waals surface area (Å²) >= 11 is 1.40. The molecule has 0 bridgehead atoms. The lowest BCUT2D eigenvalue weighted by Crippen LogP contribution is -2.30. The van der Waals surface area contributed by atoms with Crippen molar-refractivity contribution in [2.75, 3.05) is 12.4 Å². The van der Waals surface area contributed by atoms with Gasteiger partial charge in [0.05, 0.1) is 17.7 Å². The summed E-state index contributed by atoms with van der Waals surface area (Å²) in [6.45, 7) is 1.58. The summed E-state index contributed by atoms with van der Waals surface area (Å²) in [4.78, 5) is 25.1. The Bertz CT molecular complexity index is 898. The number of para-hydroxylation sites is 2. The number of hydrogen-bond donors (Lipinski definition) is 1. The van der Waals surface area contributed by atoms with E-state index in [9.17, 15) is 9.59 Å². The molecule has 3 aromatic rings. The van der Waals surface area contributed by atoms with Gasteiger partial charge in [0, 0.05) is 0 Å². The van der Waals surface area contributed by atoms with Crippen LogP contribution in [0.2, 0.25) is 0 Å². The molecule has 0 radical (unpaired) electrons. The lowest BCUT2D eigenvalue weighted by molar-refractivity contribution is -0.119. The van der Waals surface area contributed by atoms with Crippen LogP contribution in [0.4, 0.5) is 5.69 Å². The maximum atomic E-state index is 12.4. The monoisotopic (exact) mass is 345 g/mol. The summed E-state index contributed by atoms with van der Waals surface area (Å²) in [5.41, 5.74) is 0.520. The summed E-state index contributed by atoms with van der Waals surface area (Å²) < 4.78 is 11.3. The molecular weight excluding hydrogens is 330 g/mol. The molecular formula is C16H15N3O4S. The van der Waals surface area contributed by atoms with Gasteiger partial charge in [-0.3, -0.25) is 4.79 Å². The molecule has 0 spiro atoms. The number of hydrogen-bond acceptors (Lipinski definition) is 6. The van der Waals surface area contributed by atoms with Gasteiger partial charge in [0.15, 0.2) is 0 Å². The molecule has 1 aromatic carbocycles. The second-order valence-electron chi connectivity index (χ2n) is 4.96. The van der Waals surface area contributed by atoms with Crippen molar-refractivity contribution in [1.82, 2.24) is 9.78 Å². The maximum Gasteiger partial charge on any atom is 0.438 e. The number of benzene rings is 1. The van der Waals surface area contributed by atoms with Crippen LogP contribution in [0.5, 0.6) is 5.75 Å². The Labute approximate surface area is 141 Å². The van der Waals surface area contributed by atoms with E-state index in [1.165, 1.54) is 18.4 Å². The number of nitrogens with zero attached hydrogens (tertiary/aromatic N) is 2. The van der Waals surface area contributed by atoms with Crippen LogP contribution in [0.3, 0.4) is 0 Å². The van der Waals surface area contributed by atoms with Crippen molar-refractivity contribution in [1.29, 1.82) is 0 Å². The minimum Gasteiger partial charge on any atom is -0.495 e. The zero-order valence-electron chi connectivity index (χ0n) is 13.1. The van der Waals surface area contributed by atoms with Gasteiger partial charge in [-0.05, 0) is 30.5 Å². The molecule has 8 heteroatoms. The molecule has 7 nitrogen and oxygen atoms in total. The highest BCUT2D eigenvalue weighted by atomic mass is 32.1. The Hall–Kier alpha value is -2.87. The van der Waals surface area contributed by atoms with E-state index < -0.39 is 17.7 Å². The third-order valence-electron chi connectivity index (χ3n) is 3.41. The SMILES string of the molecule is COc1ccccc1NC(=O)[C@H](C)n1nc(-c2cccs2)oc1=O. The summed E-state index contributed by atoms with van der Waals surface area (Å²) in [5, 5.41) is 8.69. The second-order valence-corrected chi connectivity index (χ2v) is 5.91. The van der Waals surface area contributed by atoms with Crippen LogP contribution < -0.4 is 15.8 Å². The van der Waals surface area contributed by atoms with E-state index in [2.05, 4.69) is 10.4 Å². The highest BCUT2D eigenvalue weighted by molar-refractivity contribution is 7.13. The molecule has 0 saturated carbocycles. The van der Waals surface area contributed by atoms with Gasteiger partial charge < -0.3 is 14.5 Å². The zero-order chi connectivity index (χ0) is 17.1.